The summed E-state index contributed by atoms with van der Waals surface area (Å²) in [7, 11) is 0. The van der Waals surface area contributed by atoms with Crippen LogP contribution in [-0.2, 0) is 0 Å². The lowest BCUT2D eigenvalue weighted by Gasteiger charge is -2.36. The number of carbonyl (C=O) groups excluding carboxylic acids is 1. The van der Waals surface area contributed by atoms with Gasteiger partial charge in [0.2, 0.25) is 0 Å². The minimum atomic E-state index is -0.774. The molecule has 4 aromatic rings. The lowest BCUT2D eigenvalue weighted by atomic mass is 10.0. The monoisotopic (exact) mass is 414 g/mol. The van der Waals surface area contributed by atoms with Crippen molar-refractivity contribution in [1.82, 2.24) is 19.7 Å². The van der Waals surface area contributed by atoms with Gasteiger partial charge in [-0.1, -0.05) is 18.2 Å². The first-order valence-electron chi connectivity index (χ1n) is 10.3. The molecule has 0 spiro atoms. The third kappa shape index (κ3) is 3.87. The highest BCUT2D eigenvalue weighted by Gasteiger charge is 2.32. The molecule has 5 rings (SSSR count). The number of aromatic nitrogens is 3. The fourth-order valence-electron chi connectivity index (χ4n) is 3.98. The van der Waals surface area contributed by atoms with Crippen LogP contribution in [0.4, 0.5) is 0 Å². The average molecular weight is 414 g/mol. The van der Waals surface area contributed by atoms with E-state index < -0.39 is 6.10 Å². The lowest BCUT2D eigenvalue weighted by molar-refractivity contribution is -0.0193. The molecule has 156 valence electrons. The summed E-state index contributed by atoms with van der Waals surface area (Å²) >= 11 is 0. The highest BCUT2D eigenvalue weighted by molar-refractivity contribution is 5.95. The van der Waals surface area contributed by atoms with Gasteiger partial charge in [0.1, 0.15) is 18.0 Å². The Morgan fingerprint density at radius 1 is 1.10 bits per heavy atom. The van der Waals surface area contributed by atoms with Gasteiger partial charge in [-0.25, -0.2) is 4.68 Å². The highest BCUT2D eigenvalue weighted by Crippen LogP contribution is 2.28. The van der Waals surface area contributed by atoms with Crippen LogP contribution >= 0.6 is 0 Å². The molecule has 0 radical (unpaired) electrons. The zero-order chi connectivity index (χ0) is 21.2. The van der Waals surface area contributed by atoms with Crippen molar-refractivity contribution < 1.29 is 14.6 Å². The summed E-state index contributed by atoms with van der Waals surface area (Å²) in [6, 6.07) is 16.9. The van der Waals surface area contributed by atoms with Gasteiger partial charge >= 0.3 is 0 Å². The number of fused-ring (bicyclic) bond motifs is 1. The fraction of sp³-hybridized carbons (Fsp3) is 0.208. The minimum absolute atomic E-state index is 0.109. The molecule has 2 atom stereocenters. The number of hydrogen-bond donors (Lipinski definition) is 1. The molecular formula is C24H22N4O3. The third-order valence-electron chi connectivity index (χ3n) is 5.59. The third-order valence-corrected chi connectivity index (χ3v) is 5.59. The summed E-state index contributed by atoms with van der Waals surface area (Å²) in [5.74, 6) is 0.610. The van der Waals surface area contributed by atoms with Gasteiger partial charge in [0.05, 0.1) is 12.2 Å². The van der Waals surface area contributed by atoms with Crippen LogP contribution in [0, 0.1) is 0 Å². The van der Waals surface area contributed by atoms with E-state index in [1.165, 1.54) is 0 Å². The molecule has 0 saturated carbocycles. The second-order valence-corrected chi connectivity index (χ2v) is 7.62. The van der Waals surface area contributed by atoms with Crippen LogP contribution in [-0.4, -0.2) is 56.0 Å². The minimum Gasteiger partial charge on any atom is -0.487 e. The highest BCUT2D eigenvalue weighted by atomic mass is 16.5. The van der Waals surface area contributed by atoms with E-state index in [0.29, 0.717) is 18.5 Å². The van der Waals surface area contributed by atoms with Gasteiger partial charge < -0.3 is 14.7 Å². The van der Waals surface area contributed by atoms with Crippen LogP contribution in [0.3, 0.4) is 0 Å². The van der Waals surface area contributed by atoms with Gasteiger partial charge in [-0.15, -0.1) is 0 Å². The molecule has 1 aliphatic heterocycles. The number of pyridine rings is 1. The Kier molecular flexibility index (Phi) is 5.09. The summed E-state index contributed by atoms with van der Waals surface area (Å²) < 4.78 is 7.87. The maximum atomic E-state index is 13.0. The Morgan fingerprint density at radius 2 is 2.00 bits per heavy atom. The van der Waals surface area contributed by atoms with Crippen molar-refractivity contribution in [3.8, 4) is 11.4 Å². The predicted octanol–water partition coefficient (Wildman–Crippen LogP) is 3.07. The van der Waals surface area contributed by atoms with Crippen LogP contribution in [0.5, 0.6) is 5.75 Å². The van der Waals surface area contributed by atoms with Crippen LogP contribution in [0.15, 0.2) is 79.4 Å². The molecule has 3 heterocycles. The molecule has 0 unspecified atom stereocenters. The molecule has 31 heavy (non-hydrogen) atoms. The van der Waals surface area contributed by atoms with Crippen LogP contribution < -0.4 is 4.74 Å². The largest absolute Gasteiger partial charge is 0.487 e. The van der Waals surface area contributed by atoms with E-state index in [4.69, 9.17) is 4.74 Å². The second kappa shape index (κ2) is 8.20. The Labute approximate surface area is 179 Å². The molecule has 0 bridgehead atoms. The SMILES string of the molecule is O=C(c1cccc(-n2cccn2)c1)N1CC[C@@H](Oc2cccc3cnccc23)[C@H](O)C1. The van der Waals surface area contributed by atoms with Crippen molar-refractivity contribution in [2.75, 3.05) is 13.1 Å². The number of amides is 1. The Balaban J connectivity index is 1.29. The van der Waals surface area contributed by atoms with E-state index in [0.717, 1.165) is 22.2 Å². The van der Waals surface area contributed by atoms with Crippen molar-refractivity contribution in [3.05, 3.63) is 84.9 Å². The number of benzene rings is 2. The number of ether oxygens (including phenoxy) is 1. The topological polar surface area (TPSA) is 80.5 Å². The van der Waals surface area contributed by atoms with Crippen LogP contribution in [0.1, 0.15) is 16.8 Å². The first kappa shape index (κ1) is 19.3. The molecule has 1 N–H and O–H groups in total. The lowest BCUT2D eigenvalue weighted by Crippen LogP contribution is -2.51. The van der Waals surface area contributed by atoms with E-state index >= 15 is 0 Å². The molecule has 1 fully saturated rings. The summed E-state index contributed by atoms with van der Waals surface area (Å²) in [4.78, 5) is 18.9. The quantitative estimate of drug-likeness (QED) is 0.555. The first-order chi connectivity index (χ1) is 15.2. The number of aliphatic hydroxyl groups is 1. The number of β-amino-alcohol motifs (C(OH)–C–C–N with tert-alkyl or cyclic N) is 1. The van der Waals surface area contributed by atoms with Gasteiger partial charge in [0, 0.05) is 54.1 Å². The average Bonchev–Trinajstić information content (AvgIpc) is 3.35. The molecule has 2 aromatic heterocycles. The van der Waals surface area contributed by atoms with Gasteiger partial charge in [0.25, 0.3) is 5.91 Å². The molecule has 7 nitrogen and oxygen atoms in total. The molecular weight excluding hydrogens is 392 g/mol. The second-order valence-electron chi connectivity index (χ2n) is 7.62. The molecule has 1 amide bonds. The maximum absolute atomic E-state index is 13.0. The number of nitrogens with zero attached hydrogens (tertiary/aromatic N) is 4. The number of likely N-dealkylation sites (tertiary alicyclic amines) is 1. The fourth-order valence-corrected chi connectivity index (χ4v) is 3.98. The summed E-state index contributed by atoms with van der Waals surface area (Å²) in [5.41, 5.74) is 1.39. The molecule has 1 aliphatic rings. The van der Waals surface area contributed by atoms with Gasteiger partial charge in [-0.2, -0.15) is 5.10 Å². The normalized spacial score (nSPS) is 18.8. The van der Waals surface area contributed by atoms with E-state index in [1.54, 1.807) is 34.2 Å². The van der Waals surface area contributed by atoms with Crippen molar-refractivity contribution in [2.45, 2.75) is 18.6 Å². The van der Waals surface area contributed by atoms with Crippen LogP contribution in [0.2, 0.25) is 0 Å². The summed E-state index contributed by atoms with van der Waals surface area (Å²) in [5, 5.41) is 16.9. The van der Waals surface area contributed by atoms with Crippen LogP contribution in [0.25, 0.3) is 16.5 Å². The Morgan fingerprint density at radius 3 is 2.84 bits per heavy atom. The van der Waals surface area contributed by atoms with E-state index in [1.807, 2.05) is 54.7 Å². The smallest absolute Gasteiger partial charge is 0.254 e. The van der Waals surface area contributed by atoms with Crippen molar-refractivity contribution in [3.63, 3.8) is 0 Å². The number of piperidine rings is 1. The van der Waals surface area contributed by atoms with E-state index in [-0.39, 0.29) is 18.6 Å². The zero-order valence-electron chi connectivity index (χ0n) is 16.8. The number of hydrogen-bond acceptors (Lipinski definition) is 5. The van der Waals surface area contributed by atoms with E-state index in [9.17, 15) is 9.90 Å². The first-order valence-corrected chi connectivity index (χ1v) is 10.3. The summed E-state index contributed by atoms with van der Waals surface area (Å²) in [6.45, 7) is 0.737. The Bertz CT molecular complexity index is 1200. The van der Waals surface area contributed by atoms with Gasteiger partial charge in [-0.05, 0) is 36.4 Å². The zero-order valence-corrected chi connectivity index (χ0v) is 16.8. The molecule has 2 aromatic carbocycles. The van der Waals surface area contributed by atoms with Gasteiger partial charge in [0.15, 0.2) is 0 Å². The number of aliphatic hydroxyl groups excluding tert-OH is 1. The summed E-state index contributed by atoms with van der Waals surface area (Å²) in [6.07, 6.45) is 6.44. The van der Waals surface area contributed by atoms with Crippen molar-refractivity contribution in [2.24, 2.45) is 0 Å². The molecule has 7 heteroatoms. The predicted molar refractivity (Wildman–Crippen MR) is 116 cm³/mol. The molecule has 1 saturated heterocycles. The van der Waals surface area contributed by atoms with E-state index in [2.05, 4.69) is 10.1 Å². The van der Waals surface area contributed by atoms with Gasteiger partial charge in [-0.3, -0.25) is 9.78 Å². The van der Waals surface area contributed by atoms with Crippen molar-refractivity contribution in [1.29, 1.82) is 0 Å². The standard InChI is InChI=1S/C24H22N4O3/c29-21-16-27(24(30)17-4-1-6-19(14-17)28-12-3-10-26-28)13-9-23(21)31-22-7-2-5-18-15-25-11-8-20(18)22/h1-8,10-12,14-15,21,23,29H,9,13,16H2/t21-,23-/m1/s1. The number of carbonyl (C=O) groups is 1. The number of rotatable bonds is 4. The van der Waals surface area contributed by atoms with Crippen molar-refractivity contribution >= 4 is 16.7 Å². The molecule has 0 aliphatic carbocycles. The Hall–Kier alpha value is -3.71. The maximum Gasteiger partial charge on any atom is 0.254 e.